The summed E-state index contributed by atoms with van der Waals surface area (Å²) in [6.07, 6.45) is 7.49. The Morgan fingerprint density at radius 2 is 1.73 bits per heavy atom. The van der Waals surface area contributed by atoms with Gasteiger partial charge in [-0.3, -0.25) is 0 Å². The molecule has 0 bridgehead atoms. The van der Waals surface area contributed by atoms with Gasteiger partial charge in [-0.05, 0) is 18.8 Å². The molecule has 0 aliphatic rings. The molecule has 0 aromatic rings. The standard InChI is InChI=1S/C10H22O/c1-3-5-7-10(4-2)8-6-9-11/h10-11H,3-9H2,1-2H3. The van der Waals surface area contributed by atoms with Crippen LogP contribution in [0.1, 0.15) is 52.4 Å². The summed E-state index contributed by atoms with van der Waals surface area (Å²) >= 11 is 0. The molecule has 0 heterocycles. The third kappa shape index (κ3) is 6.36. The Hall–Kier alpha value is -0.0400. The van der Waals surface area contributed by atoms with E-state index in [-0.39, 0.29) is 0 Å². The van der Waals surface area contributed by atoms with Gasteiger partial charge in [-0.2, -0.15) is 0 Å². The zero-order valence-corrected chi connectivity index (χ0v) is 7.97. The Morgan fingerprint density at radius 3 is 2.18 bits per heavy atom. The van der Waals surface area contributed by atoms with Crippen LogP contribution in [-0.4, -0.2) is 11.7 Å². The van der Waals surface area contributed by atoms with Crippen LogP contribution < -0.4 is 0 Å². The van der Waals surface area contributed by atoms with Gasteiger partial charge >= 0.3 is 0 Å². The smallest absolute Gasteiger partial charge is 0.0431 e. The predicted octanol–water partition coefficient (Wildman–Crippen LogP) is 2.98. The van der Waals surface area contributed by atoms with E-state index in [4.69, 9.17) is 5.11 Å². The molecule has 0 aliphatic heterocycles. The molecule has 0 saturated heterocycles. The zero-order valence-electron chi connectivity index (χ0n) is 7.97. The van der Waals surface area contributed by atoms with Crippen LogP contribution in [0.25, 0.3) is 0 Å². The van der Waals surface area contributed by atoms with E-state index in [1.54, 1.807) is 0 Å². The highest BCUT2D eigenvalue weighted by Gasteiger charge is 2.03. The minimum atomic E-state index is 0.364. The molecule has 0 spiro atoms. The average Bonchev–Trinajstić information content (AvgIpc) is 2.05. The van der Waals surface area contributed by atoms with E-state index in [2.05, 4.69) is 13.8 Å². The zero-order chi connectivity index (χ0) is 8.53. The number of hydrogen-bond acceptors (Lipinski definition) is 1. The Kier molecular flexibility index (Phi) is 8.03. The Morgan fingerprint density at radius 1 is 1.09 bits per heavy atom. The molecule has 1 N–H and O–H groups in total. The predicted molar refractivity (Wildman–Crippen MR) is 49.6 cm³/mol. The number of rotatable bonds is 7. The molecule has 68 valence electrons. The van der Waals surface area contributed by atoms with Crippen LogP contribution >= 0.6 is 0 Å². The fourth-order valence-corrected chi connectivity index (χ4v) is 1.43. The summed E-state index contributed by atoms with van der Waals surface area (Å²) in [5, 5.41) is 8.64. The van der Waals surface area contributed by atoms with Crippen molar-refractivity contribution in [3.05, 3.63) is 0 Å². The summed E-state index contributed by atoms with van der Waals surface area (Å²) in [6, 6.07) is 0. The molecular formula is C10H22O. The van der Waals surface area contributed by atoms with E-state index in [9.17, 15) is 0 Å². The van der Waals surface area contributed by atoms with Crippen molar-refractivity contribution in [3.63, 3.8) is 0 Å². The largest absolute Gasteiger partial charge is 0.396 e. The van der Waals surface area contributed by atoms with Gasteiger partial charge in [-0.25, -0.2) is 0 Å². The van der Waals surface area contributed by atoms with E-state index < -0.39 is 0 Å². The quantitative estimate of drug-likeness (QED) is 0.604. The Labute approximate surface area is 70.8 Å². The fourth-order valence-electron chi connectivity index (χ4n) is 1.43. The first kappa shape index (κ1) is 11.0. The Balaban J connectivity index is 3.25. The van der Waals surface area contributed by atoms with Crippen molar-refractivity contribution in [2.45, 2.75) is 52.4 Å². The molecule has 1 nitrogen and oxygen atoms in total. The summed E-state index contributed by atoms with van der Waals surface area (Å²) < 4.78 is 0. The first-order valence-corrected chi connectivity index (χ1v) is 4.96. The van der Waals surface area contributed by atoms with E-state index in [1.807, 2.05) is 0 Å². The summed E-state index contributed by atoms with van der Waals surface area (Å²) in [5.41, 5.74) is 0. The first-order chi connectivity index (χ1) is 5.35. The van der Waals surface area contributed by atoms with Gasteiger partial charge in [0.2, 0.25) is 0 Å². The van der Waals surface area contributed by atoms with Crippen LogP contribution in [0.4, 0.5) is 0 Å². The van der Waals surface area contributed by atoms with Gasteiger partial charge in [0.05, 0.1) is 0 Å². The van der Waals surface area contributed by atoms with Crippen molar-refractivity contribution in [1.82, 2.24) is 0 Å². The van der Waals surface area contributed by atoms with Gasteiger partial charge < -0.3 is 5.11 Å². The third-order valence-electron chi connectivity index (χ3n) is 2.31. The minimum absolute atomic E-state index is 0.364. The lowest BCUT2D eigenvalue weighted by Gasteiger charge is -2.12. The van der Waals surface area contributed by atoms with Crippen LogP contribution in [0.15, 0.2) is 0 Å². The number of hydrogen-bond donors (Lipinski definition) is 1. The summed E-state index contributed by atoms with van der Waals surface area (Å²) in [5.74, 6) is 0.863. The molecule has 0 rings (SSSR count). The maximum absolute atomic E-state index is 8.64. The van der Waals surface area contributed by atoms with Crippen LogP contribution in [0.3, 0.4) is 0 Å². The molecule has 0 saturated carbocycles. The van der Waals surface area contributed by atoms with Gasteiger partial charge in [-0.1, -0.05) is 39.5 Å². The van der Waals surface area contributed by atoms with Gasteiger partial charge in [0.1, 0.15) is 0 Å². The van der Waals surface area contributed by atoms with Gasteiger partial charge in [0, 0.05) is 6.61 Å². The molecular weight excluding hydrogens is 136 g/mol. The summed E-state index contributed by atoms with van der Waals surface area (Å²) in [6.45, 7) is 4.85. The molecule has 0 aromatic heterocycles. The van der Waals surface area contributed by atoms with E-state index in [0.29, 0.717) is 6.61 Å². The molecule has 1 heteroatoms. The summed E-state index contributed by atoms with van der Waals surface area (Å²) in [4.78, 5) is 0. The SMILES string of the molecule is CCCCC(CC)CCCO. The lowest BCUT2D eigenvalue weighted by atomic mass is 9.95. The number of unbranched alkanes of at least 4 members (excludes halogenated alkanes) is 1. The number of aliphatic hydroxyl groups excluding tert-OH is 1. The van der Waals surface area contributed by atoms with Crippen molar-refractivity contribution >= 4 is 0 Å². The lowest BCUT2D eigenvalue weighted by Crippen LogP contribution is -1.99. The second-order valence-corrected chi connectivity index (χ2v) is 3.28. The highest BCUT2D eigenvalue weighted by atomic mass is 16.2. The van der Waals surface area contributed by atoms with Gasteiger partial charge in [0.25, 0.3) is 0 Å². The van der Waals surface area contributed by atoms with E-state index in [0.717, 1.165) is 12.3 Å². The van der Waals surface area contributed by atoms with Crippen molar-refractivity contribution in [2.75, 3.05) is 6.61 Å². The normalized spacial score (nSPS) is 13.4. The average molecular weight is 158 g/mol. The molecule has 1 atom stereocenters. The molecule has 0 fully saturated rings. The maximum Gasteiger partial charge on any atom is 0.0431 e. The lowest BCUT2D eigenvalue weighted by molar-refractivity contribution is 0.265. The van der Waals surface area contributed by atoms with Crippen LogP contribution in [0, 0.1) is 5.92 Å². The van der Waals surface area contributed by atoms with Gasteiger partial charge in [-0.15, -0.1) is 0 Å². The molecule has 11 heavy (non-hydrogen) atoms. The van der Waals surface area contributed by atoms with Crippen molar-refractivity contribution < 1.29 is 5.11 Å². The van der Waals surface area contributed by atoms with Gasteiger partial charge in [0.15, 0.2) is 0 Å². The number of aliphatic hydroxyl groups is 1. The first-order valence-electron chi connectivity index (χ1n) is 4.96. The second kappa shape index (κ2) is 8.06. The highest BCUT2D eigenvalue weighted by Crippen LogP contribution is 2.17. The third-order valence-corrected chi connectivity index (χ3v) is 2.31. The molecule has 0 amide bonds. The Bertz CT molecular complexity index is 63.3. The van der Waals surface area contributed by atoms with Crippen LogP contribution in [-0.2, 0) is 0 Å². The van der Waals surface area contributed by atoms with E-state index >= 15 is 0 Å². The molecule has 0 radical (unpaired) electrons. The molecule has 1 unspecified atom stereocenters. The van der Waals surface area contributed by atoms with Crippen molar-refractivity contribution in [1.29, 1.82) is 0 Å². The van der Waals surface area contributed by atoms with Crippen LogP contribution in [0.2, 0.25) is 0 Å². The molecule has 0 aromatic carbocycles. The monoisotopic (exact) mass is 158 g/mol. The maximum atomic E-state index is 8.64. The van der Waals surface area contributed by atoms with Crippen LogP contribution in [0.5, 0.6) is 0 Å². The topological polar surface area (TPSA) is 20.2 Å². The molecule has 0 aliphatic carbocycles. The van der Waals surface area contributed by atoms with Crippen molar-refractivity contribution in [2.24, 2.45) is 5.92 Å². The highest BCUT2D eigenvalue weighted by molar-refractivity contribution is 4.56. The minimum Gasteiger partial charge on any atom is -0.396 e. The fraction of sp³-hybridized carbons (Fsp3) is 1.00. The summed E-state index contributed by atoms with van der Waals surface area (Å²) in [7, 11) is 0. The second-order valence-electron chi connectivity index (χ2n) is 3.28. The van der Waals surface area contributed by atoms with Crippen molar-refractivity contribution in [3.8, 4) is 0 Å². The van der Waals surface area contributed by atoms with E-state index in [1.165, 1.54) is 32.1 Å².